The molecule has 1 aliphatic heterocycles. The van der Waals surface area contributed by atoms with Crippen LogP contribution in [0.2, 0.25) is 0 Å². The van der Waals surface area contributed by atoms with Gasteiger partial charge in [-0.15, -0.1) is 0 Å². The number of carbonyl (C=O) groups is 3. The number of benzene rings is 3. The quantitative estimate of drug-likeness (QED) is 0.389. The van der Waals surface area contributed by atoms with E-state index >= 15 is 0 Å². The van der Waals surface area contributed by atoms with Crippen LogP contribution in [0.25, 0.3) is 0 Å². The van der Waals surface area contributed by atoms with Gasteiger partial charge in [-0.2, -0.15) is 0 Å². The highest BCUT2D eigenvalue weighted by Crippen LogP contribution is 2.53. The van der Waals surface area contributed by atoms with E-state index in [1.807, 2.05) is 78.6 Å². The zero-order chi connectivity index (χ0) is 23.4. The summed E-state index contributed by atoms with van der Waals surface area (Å²) in [6, 6.07) is 24.9. The molecule has 5 atom stereocenters. The zero-order valence-corrected chi connectivity index (χ0v) is 18.9. The molecule has 1 amide bonds. The van der Waals surface area contributed by atoms with Crippen molar-refractivity contribution in [1.82, 2.24) is 0 Å². The number of β-lactam (4-membered cyclic amide) rings is 1. The molecule has 6 rings (SSSR count). The summed E-state index contributed by atoms with van der Waals surface area (Å²) in [4.78, 5) is 42.6. The number of aryl methyl sites for hydroxylation is 1. The van der Waals surface area contributed by atoms with Gasteiger partial charge in [-0.25, -0.2) is 0 Å². The predicted molar refractivity (Wildman–Crippen MR) is 131 cm³/mol. The van der Waals surface area contributed by atoms with E-state index in [-0.39, 0.29) is 29.4 Å². The second-order valence-electron chi connectivity index (χ2n) is 9.57. The number of hydrogen-bond acceptors (Lipinski definition) is 3. The summed E-state index contributed by atoms with van der Waals surface area (Å²) < 4.78 is 0. The van der Waals surface area contributed by atoms with Gasteiger partial charge in [0.2, 0.25) is 5.91 Å². The lowest BCUT2D eigenvalue weighted by Gasteiger charge is -2.53. The Hall–Kier alpha value is -3.79. The third kappa shape index (κ3) is 3.02. The largest absolute Gasteiger partial charge is 0.304 e. The van der Waals surface area contributed by atoms with Crippen LogP contribution in [-0.4, -0.2) is 17.5 Å². The van der Waals surface area contributed by atoms with Crippen molar-refractivity contribution in [3.05, 3.63) is 113 Å². The summed E-state index contributed by atoms with van der Waals surface area (Å²) >= 11 is 0. The van der Waals surface area contributed by atoms with Gasteiger partial charge in [-0.05, 0) is 31.0 Å². The van der Waals surface area contributed by atoms with Crippen LogP contribution in [-0.2, 0) is 4.79 Å². The van der Waals surface area contributed by atoms with Crippen molar-refractivity contribution >= 4 is 23.2 Å². The Bertz CT molecular complexity index is 1320. The highest BCUT2D eigenvalue weighted by atomic mass is 16.2. The third-order valence-corrected chi connectivity index (χ3v) is 7.70. The standard InChI is InChI=1S/C30H25NO3/c1-18-14-16-20(17-15-18)31-27(19-8-3-2-4-9-19)26(30(31)34)23-12-7-13-24-25(23)29(33)22-11-6-5-10-21(22)28(24)32/h2-12,14-17,23-27H,13H2,1H3/t23-,24+,25-,26-,27-/m1/s1. The van der Waals surface area contributed by atoms with Gasteiger partial charge in [-0.3, -0.25) is 14.4 Å². The highest BCUT2D eigenvalue weighted by Gasteiger charge is 2.57. The van der Waals surface area contributed by atoms with Crippen LogP contribution < -0.4 is 4.90 Å². The molecule has 3 aromatic rings. The minimum atomic E-state index is -0.507. The maximum absolute atomic E-state index is 13.7. The Kier molecular flexibility index (Phi) is 4.84. The number of nitrogens with zero attached hydrogens (tertiary/aromatic N) is 1. The van der Waals surface area contributed by atoms with Crippen LogP contribution in [0.15, 0.2) is 91.0 Å². The van der Waals surface area contributed by atoms with Gasteiger partial charge < -0.3 is 4.90 Å². The van der Waals surface area contributed by atoms with E-state index < -0.39 is 17.8 Å². The van der Waals surface area contributed by atoms with Crippen molar-refractivity contribution < 1.29 is 14.4 Å². The Balaban J connectivity index is 1.43. The topological polar surface area (TPSA) is 54.5 Å². The van der Waals surface area contributed by atoms with E-state index in [2.05, 4.69) is 0 Å². The molecule has 4 nitrogen and oxygen atoms in total. The Morgan fingerprint density at radius 3 is 2.09 bits per heavy atom. The fourth-order valence-electron chi connectivity index (χ4n) is 6.07. The van der Waals surface area contributed by atoms with Gasteiger partial charge in [0.25, 0.3) is 0 Å². The van der Waals surface area contributed by atoms with Crippen LogP contribution in [0.1, 0.15) is 44.3 Å². The molecule has 1 fully saturated rings. The van der Waals surface area contributed by atoms with Gasteiger partial charge in [-0.1, -0.05) is 84.4 Å². The molecule has 0 bridgehead atoms. The summed E-state index contributed by atoms with van der Waals surface area (Å²) in [7, 11) is 0. The normalized spacial score (nSPS) is 27.7. The van der Waals surface area contributed by atoms with Crippen molar-refractivity contribution in [3.63, 3.8) is 0 Å². The number of amides is 1. The fourth-order valence-corrected chi connectivity index (χ4v) is 6.07. The van der Waals surface area contributed by atoms with Gasteiger partial charge in [0.1, 0.15) is 0 Å². The molecule has 1 heterocycles. The summed E-state index contributed by atoms with van der Waals surface area (Å²) in [5, 5.41) is 0. The minimum Gasteiger partial charge on any atom is -0.304 e. The fraction of sp³-hybridized carbons (Fsp3) is 0.233. The van der Waals surface area contributed by atoms with Gasteiger partial charge in [0, 0.05) is 34.6 Å². The van der Waals surface area contributed by atoms with E-state index in [1.54, 1.807) is 24.3 Å². The lowest BCUT2D eigenvalue weighted by atomic mass is 9.59. The molecule has 34 heavy (non-hydrogen) atoms. The van der Waals surface area contributed by atoms with Crippen LogP contribution in [0.3, 0.4) is 0 Å². The maximum Gasteiger partial charge on any atom is 0.233 e. The van der Waals surface area contributed by atoms with E-state index in [1.165, 1.54) is 0 Å². The summed E-state index contributed by atoms with van der Waals surface area (Å²) in [6.07, 6.45) is 4.55. The molecule has 4 heteroatoms. The number of carbonyl (C=O) groups excluding carboxylic acids is 3. The lowest BCUT2D eigenvalue weighted by molar-refractivity contribution is -0.133. The molecule has 0 radical (unpaired) electrons. The SMILES string of the molecule is Cc1ccc(N2C(=O)[C@H]([C@@H]3C=CC[C@@H]4C(=O)c5ccccc5C(=O)[C@H]34)[C@H]2c2ccccc2)cc1. The van der Waals surface area contributed by atoms with Crippen molar-refractivity contribution in [2.24, 2.45) is 23.7 Å². The van der Waals surface area contributed by atoms with Crippen molar-refractivity contribution in [3.8, 4) is 0 Å². The van der Waals surface area contributed by atoms with Gasteiger partial charge >= 0.3 is 0 Å². The Morgan fingerprint density at radius 2 is 1.38 bits per heavy atom. The van der Waals surface area contributed by atoms with Crippen LogP contribution >= 0.6 is 0 Å². The first kappa shape index (κ1) is 20.8. The molecule has 3 aliphatic rings. The first-order valence-corrected chi connectivity index (χ1v) is 11.8. The molecule has 0 spiro atoms. The Morgan fingerprint density at radius 1 is 0.735 bits per heavy atom. The monoisotopic (exact) mass is 447 g/mol. The predicted octanol–water partition coefficient (Wildman–Crippen LogP) is 5.59. The first-order valence-electron chi connectivity index (χ1n) is 11.8. The molecule has 0 saturated carbocycles. The van der Waals surface area contributed by atoms with E-state index in [4.69, 9.17) is 0 Å². The minimum absolute atomic E-state index is 0.00659. The zero-order valence-electron chi connectivity index (χ0n) is 18.9. The molecule has 0 unspecified atom stereocenters. The Labute approximate surface area is 198 Å². The number of rotatable bonds is 3. The number of ketones is 2. The number of fused-ring (bicyclic) bond motifs is 2. The number of allylic oxidation sites excluding steroid dienone is 2. The van der Waals surface area contributed by atoms with Gasteiger partial charge in [0.15, 0.2) is 11.6 Å². The third-order valence-electron chi connectivity index (χ3n) is 7.70. The van der Waals surface area contributed by atoms with Crippen molar-refractivity contribution in [2.45, 2.75) is 19.4 Å². The first-order chi connectivity index (χ1) is 16.6. The smallest absolute Gasteiger partial charge is 0.233 e. The summed E-state index contributed by atoms with van der Waals surface area (Å²) in [6.45, 7) is 2.02. The molecule has 2 aliphatic carbocycles. The molecular formula is C30H25NO3. The van der Waals surface area contributed by atoms with Crippen molar-refractivity contribution in [1.29, 1.82) is 0 Å². The number of hydrogen-bond donors (Lipinski definition) is 0. The number of anilines is 1. The second kappa shape index (κ2) is 7.91. The second-order valence-corrected chi connectivity index (χ2v) is 9.57. The summed E-state index contributed by atoms with van der Waals surface area (Å²) in [5.41, 5.74) is 4.04. The lowest BCUT2D eigenvalue weighted by Crippen LogP contribution is -2.60. The van der Waals surface area contributed by atoms with Gasteiger partial charge in [0.05, 0.1) is 12.0 Å². The molecule has 1 saturated heterocycles. The maximum atomic E-state index is 13.7. The molecular weight excluding hydrogens is 422 g/mol. The van der Waals surface area contributed by atoms with Crippen LogP contribution in [0.5, 0.6) is 0 Å². The summed E-state index contributed by atoms with van der Waals surface area (Å²) in [5.74, 6) is -1.61. The van der Waals surface area contributed by atoms with Crippen LogP contribution in [0, 0.1) is 30.6 Å². The molecule has 168 valence electrons. The van der Waals surface area contributed by atoms with E-state index in [0.29, 0.717) is 17.5 Å². The highest BCUT2D eigenvalue weighted by molar-refractivity contribution is 6.16. The molecule has 3 aromatic carbocycles. The van der Waals surface area contributed by atoms with E-state index in [9.17, 15) is 14.4 Å². The van der Waals surface area contributed by atoms with E-state index in [0.717, 1.165) is 16.8 Å². The molecule has 0 aromatic heterocycles. The molecule has 0 N–H and O–H groups in total. The average Bonchev–Trinajstić information content (AvgIpc) is 2.87. The average molecular weight is 448 g/mol. The van der Waals surface area contributed by atoms with Crippen LogP contribution in [0.4, 0.5) is 5.69 Å². The van der Waals surface area contributed by atoms with Crippen molar-refractivity contribution in [2.75, 3.05) is 4.90 Å². The number of Topliss-reactive ketones (excluding diaryl/α,β-unsaturated/α-hetero) is 2.